The predicted molar refractivity (Wildman–Crippen MR) is 84.1 cm³/mol. The minimum absolute atomic E-state index is 0.125. The molecule has 0 amide bonds. The highest BCUT2D eigenvalue weighted by atomic mass is 32.2. The number of pyridine rings is 2. The number of nitrogens with zero attached hydrogens (tertiary/aromatic N) is 3. The molecule has 0 aliphatic carbocycles. The average Bonchev–Trinajstić information content (AvgIpc) is 2.51. The summed E-state index contributed by atoms with van der Waals surface area (Å²) in [5.74, 6) is 0. The third-order valence-corrected chi connectivity index (χ3v) is 5.41. The second-order valence-corrected chi connectivity index (χ2v) is 6.72. The Hall–Kier alpha value is -1.99. The van der Waals surface area contributed by atoms with Gasteiger partial charge >= 0.3 is 0 Å². The van der Waals surface area contributed by atoms with Gasteiger partial charge in [0, 0.05) is 37.7 Å². The van der Waals surface area contributed by atoms with E-state index in [-0.39, 0.29) is 17.0 Å². The predicted octanol–water partition coefficient (Wildman–Crippen LogP) is 1.32. The summed E-state index contributed by atoms with van der Waals surface area (Å²) in [5.41, 5.74) is 0.587. The first kappa shape index (κ1) is 16.4. The van der Waals surface area contributed by atoms with Crippen molar-refractivity contribution in [3.05, 3.63) is 58.8 Å². The SMILES string of the molecule is CCN(CC)S(=O)(=O)c1ccc(=O)n(Cc2cccnc2)c1. The van der Waals surface area contributed by atoms with Gasteiger partial charge in [-0.05, 0) is 17.7 Å². The van der Waals surface area contributed by atoms with Crippen LogP contribution in [0.4, 0.5) is 0 Å². The lowest BCUT2D eigenvalue weighted by molar-refractivity contribution is 0.444. The van der Waals surface area contributed by atoms with Crippen molar-refractivity contribution in [3.63, 3.8) is 0 Å². The van der Waals surface area contributed by atoms with Gasteiger partial charge in [-0.25, -0.2) is 8.42 Å². The van der Waals surface area contributed by atoms with Crippen LogP contribution in [0.1, 0.15) is 19.4 Å². The van der Waals surface area contributed by atoms with Crippen molar-refractivity contribution in [1.82, 2.24) is 13.9 Å². The fourth-order valence-electron chi connectivity index (χ4n) is 2.19. The molecule has 0 atom stereocenters. The van der Waals surface area contributed by atoms with Crippen molar-refractivity contribution in [2.75, 3.05) is 13.1 Å². The molecule has 0 saturated carbocycles. The van der Waals surface area contributed by atoms with Crippen LogP contribution in [-0.2, 0) is 16.6 Å². The quantitative estimate of drug-likeness (QED) is 0.804. The summed E-state index contributed by atoms with van der Waals surface area (Å²) in [6.45, 7) is 4.63. The first-order chi connectivity index (χ1) is 10.5. The summed E-state index contributed by atoms with van der Waals surface area (Å²) < 4.78 is 27.8. The molecule has 2 rings (SSSR count). The van der Waals surface area contributed by atoms with Crippen molar-refractivity contribution in [1.29, 1.82) is 0 Å². The molecule has 0 unspecified atom stereocenters. The van der Waals surface area contributed by atoms with Crippen molar-refractivity contribution < 1.29 is 8.42 Å². The molecule has 0 radical (unpaired) electrons. The summed E-state index contributed by atoms with van der Waals surface area (Å²) in [6.07, 6.45) is 4.69. The van der Waals surface area contributed by atoms with Crippen LogP contribution in [0.3, 0.4) is 0 Å². The molecule has 118 valence electrons. The number of hydrogen-bond donors (Lipinski definition) is 0. The van der Waals surface area contributed by atoms with E-state index in [4.69, 9.17) is 0 Å². The Morgan fingerprint density at radius 3 is 2.50 bits per heavy atom. The summed E-state index contributed by atoms with van der Waals surface area (Å²) in [7, 11) is -3.57. The molecule has 0 aliphatic rings. The third kappa shape index (κ3) is 3.42. The zero-order valence-corrected chi connectivity index (χ0v) is 13.5. The maximum Gasteiger partial charge on any atom is 0.250 e. The Balaban J connectivity index is 2.41. The Morgan fingerprint density at radius 2 is 1.91 bits per heavy atom. The molecule has 0 aliphatic heterocycles. The Bertz CT molecular complexity index is 781. The molecular formula is C15H19N3O3S. The minimum atomic E-state index is -3.57. The molecule has 6 nitrogen and oxygen atoms in total. The van der Waals surface area contributed by atoms with Gasteiger partial charge in [-0.15, -0.1) is 0 Å². The molecule has 2 aromatic rings. The third-order valence-electron chi connectivity index (χ3n) is 3.38. The lowest BCUT2D eigenvalue weighted by Gasteiger charge is -2.19. The Morgan fingerprint density at radius 1 is 1.18 bits per heavy atom. The van der Waals surface area contributed by atoms with Gasteiger partial charge in [0.05, 0.1) is 11.4 Å². The molecule has 0 N–H and O–H groups in total. The van der Waals surface area contributed by atoms with Gasteiger partial charge in [-0.1, -0.05) is 19.9 Å². The largest absolute Gasteiger partial charge is 0.310 e. The van der Waals surface area contributed by atoms with E-state index >= 15 is 0 Å². The number of aromatic nitrogens is 2. The number of sulfonamides is 1. The first-order valence-electron chi connectivity index (χ1n) is 7.08. The summed E-state index contributed by atoms with van der Waals surface area (Å²) in [5, 5.41) is 0. The maximum atomic E-state index is 12.5. The van der Waals surface area contributed by atoms with E-state index in [0.29, 0.717) is 13.1 Å². The van der Waals surface area contributed by atoms with Crippen LogP contribution in [0, 0.1) is 0 Å². The van der Waals surface area contributed by atoms with Crippen LogP contribution < -0.4 is 5.56 Å². The van der Waals surface area contributed by atoms with Crippen molar-refractivity contribution >= 4 is 10.0 Å². The van der Waals surface area contributed by atoms with Crippen LogP contribution in [0.15, 0.2) is 52.5 Å². The molecule has 7 heteroatoms. The van der Waals surface area contributed by atoms with E-state index in [1.807, 2.05) is 6.07 Å². The number of hydrogen-bond acceptors (Lipinski definition) is 4. The smallest absolute Gasteiger partial charge is 0.250 e. The maximum absolute atomic E-state index is 12.5. The molecule has 2 heterocycles. The Labute approximate surface area is 130 Å². The Kier molecular flexibility index (Phi) is 5.10. The topological polar surface area (TPSA) is 72.3 Å². The van der Waals surface area contributed by atoms with E-state index in [1.165, 1.54) is 27.2 Å². The molecule has 2 aromatic heterocycles. The van der Waals surface area contributed by atoms with Crippen molar-refractivity contribution in [3.8, 4) is 0 Å². The number of rotatable bonds is 6. The van der Waals surface area contributed by atoms with E-state index < -0.39 is 10.0 Å². The standard InChI is InChI=1S/C15H19N3O3S/c1-3-18(4-2)22(20,21)14-7-8-15(19)17(12-14)11-13-6-5-9-16-10-13/h5-10,12H,3-4,11H2,1-2H3. The molecular weight excluding hydrogens is 302 g/mol. The lowest BCUT2D eigenvalue weighted by atomic mass is 10.3. The fraction of sp³-hybridized carbons (Fsp3) is 0.333. The first-order valence-corrected chi connectivity index (χ1v) is 8.52. The van der Waals surface area contributed by atoms with E-state index in [0.717, 1.165) is 5.56 Å². The van der Waals surface area contributed by atoms with Crippen molar-refractivity contribution in [2.24, 2.45) is 0 Å². The normalized spacial score (nSPS) is 11.8. The van der Waals surface area contributed by atoms with Crippen LogP contribution >= 0.6 is 0 Å². The second kappa shape index (κ2) is 6.85. The highest BCUT2D eigenvalue weighted by Gasteiger charge is 2.22. The van der Waals surface area contributed by atoms with Crippen LogP contribution in [-0.4, -0.2) is 35.4 Å². The minimum Gasteiger partial charge on any atom is -0.310 e. The van der Waals surface area contributed by atoms with E-state index in [2.05, 4.69) is 4.98 Å². The lowest BCUT2D eigenvalue weighted by Crippen LogP contribution is -2.32. The monoisotopic (exact) mass is 321 g/mol. The summed E-state index contributed by atoms with van der Waals surface area (Å²) >= 11 is 0. The van der Waals surface area contributed by atoms with E-state index in [9.17, 15) is 13.2 Å². The zero-order chi connectivity index (χ0) is 16.2. The van der Waals surface area contributed by atoms with Gasteiger partial charge in [0.2, 0.25) is 10.0 Å². The van der Waals surface area contributed by atoms with Gasteiger partial charge in [0.25, 0.3) is 5.56 Å². The fourth-order valence-corrected chi connectivity index (χ4v) is 3.66. The summed E-state index contributed by atoms with van der Waals surface area (Å²) in [4.78, 5) is 16.1. The molecule has 0 bridgehead atoms. The average molecular weight is 321 g/mol. The van der Waals surface area contributed by atoms with E-state index in [1.54, 1.807) is 32.3 Å². The molecule has 22 heavy (non-hydrogen) atoms. The zero-order valence-electron chi connectivity index (χ0n) is 12.6. The van der Waals surface area contributed by atoms with Gasteiger partial charge in [-0.3, -0.25) is 9.78 Å². The highest BCUT2D eigenvalue weighted by molar-refractivity contribution is 7.89. The molecule has 0 spiro atoms. The van der Waals surface area contributed by atoms with Crippen LogP contribution in [0.25, 0.3) is 0 Å². The highest BCUT2D eigenvalue weighted by Crippen LogP contribution is 2.14. The summed E-state index contributed by atoms with van der Waals surface area (Å²) in [6, 6.07) is 6.25. The van der Waals surface area contributed by atoms with Crippen LogP contribution in [0.2, 0.25) is 0 Å². The van der Waals surface area contributed by atoms with Gasteiger partial charge < -0.3 is 4.57 Å². The van der Waals surface area contributed by atoms with Crippen LogP contribution in [0.5, 0.6) is 0 Å². The van der Waals surface area contributed by atoms with Crippen molar-refractivity contribution in [2.45, 2.75) is 25.3 Å². The van der Waals surface area contributed by atoms with Gasteiger partial charge in [0.15, 0.2) is 0 Å². The second-order valence-electron chi connectivity index (χ2n) is 4.78. The molecule has 0 aromatic carbocycles. The van der Waals surface area contributed by atoms with Gasteiger partial charge in [0.1, 0.15) is 0 Å². The van der Waals surface area contributed by atoms with Gasteiger partial charge in [-0.2, -0.15) is 4.31 Å². The molecule has 0 fully saturated rings. The molecule has 0 saturated heterocycles.